The Balaban J connectivity index is 2.28. The molecule has 0 saturated heterocycles. The number of nitrogens with zero attached hydrogens (tertiary/aromatic N) is 2. The molecular weight excluding hydrogens is 300 g/mol. The van der Waals surface area contributed by atoms with Crippen LogP contribution in [0.4, 0.5) is 0 Å². The van der Waals surface area contributed by atoms with Crippen molar-refractivity contribution in [2.75, 3.05) is 0 Å². The highest BCUT2D eigenvalue weighted by Crippen LogP contribution is 2.25. The van der Waals surface area contributed by atoms with E-state index in [1.807, 2.05) is 47.0 Å². The molecule has 0 unspecified atom stereocenters. The molecule has 2 nitrogen and oxygen atoms in total. The summed E-state index contributed by atoms with van der Waals surface area (Å²) in [6.45, 7) is 0. The third kappa shape index (κ3) is 1.85. The highest BCUT2D eigenvalue weighted by molar-refractivity contribution is 9.10. The van der Waals surface area contributed by atoms with Gasteiger partial charge in [-0.25, -0.2) is 4.98 Å². The Hall–Kier alpha value is -1.32. The normalized spacial score (nSPS) is 10.9. The van der Waals surface area contributed by atoms with E-state index in [2.05, 4.69) is 20.9 Å². The van der Waals surface area contributed by atoms with Gasteiger partial charge in [-0.1, -0.05) is 39.7 Å². The molecule has 1 aromatic carbocycles. The molecule has 4 heteroatoms. The molecule has 0 spiro atoms. The van der Waals surface area contributed by atoms with Gasteiger partial charge in [-0.15, -0.1) is 0 Å². The molecule has 3 rings (SSSR count). The lowest BCUT2D eigenvalue weighted by atomic mass is 10.2. The quantitative estimate of drug-likeness (QED) is 0.650. The first-order valence-corrected chi connectivity index (χ1v) is 6.30. The van der Waals surface area contributed by atoms with E-state index in [-0.39, 0.29) is 0 Å². The Morgan fingerprint density at radius 1 is 1.18 bits per heavy atom. The zero-order chi connectivity index (χ0) is 11.8. The molecule has 0 fully saturated rings. The number of hydrogen-bond acceptors (Lipinski definition) is 1. The van der Waals surface area contributed by atoms with Crippen LogP contribution in [-0.4, -0.2) is 9.38 Å². The van der Waals surface area contributed by atoms with Crippen LogP contribution in [0.1, 0.15) is 0 Å². The summed E-state index contributed by atoms with van der Waals surface area (Å²) in [6, 6.07) is 11.8. The van der Waals surface area contributed by atoms with E-state index in [1.165, 1.54) is 0 Å². The molecule has 2 aromatic heterocycles. The van der Waals surface area contributed by atoms with E-state index in [1.54, 1.807) is 6.20 Å². The molecule has 0 N–H and O–H groups in total. The van der Waals surface area contributed by atoms with Gasteiger partial charge in [-0.05, 0) is 24.3 Å². The Labute approximate surface area is 112 Å². The van der Waals surface area contributed by atoms with Crippen LogP contribution in [-0.2, 0) is 0 Å². The average Bonchev–Trinajstić information content (AvgIpc) is 2.74. The van der Waals surface area contributed by atoms with E-state index in [0.717, 1.165) is 21.4 Å². The summed E-state index contributed by atoms with van der Waals surface area (Å²) in [7, 11) is 0. The van der Waals surface area contributed by atoms with Gasteiger partial charge in [0.05, 0.1) is 16.7 Å². The lowest BCUT2D eigenvalue weighted by Crippen LogP contribution is -1.88. The standard InChI is InChI=1S/C13H8BrClN2/c14-10-4-1-3-9(7-10)13-16-8-12-11(15)5-2-6-17(12)13/h1-8H. The van der Waals surface area contributed by atoms with Gasteiger partial charge in [-0.2, -0.15) is 0 Å². The first kappa shape index (κ1) is 10.8. The number of hydrogen-bond donors (Lipinski definition) is 0. The lowest BCUT2D eigenvalue weighted by molar-refractivity contribution is 1.16. The second kappa shape index (κ2) is 4.17. The molecule has 84 valence electrons. The maximum atomic E-state index is 6.12. The van der Waals surface area contributed by atoms with Gasteiger partial charge in [0.2, 0.25) is 0 Å². The molecule has 0 aliphatic heterocycles. The lowest BCUT2D eigenvalue weighted by Gasteiger charge is -2.02. The van der Waals surface area contributed by atoms with Crippen LogP contribution >= 0.6 is 27.5 Å². The van der Waals surface area contributed by atoms with Crippen molar-refractivity contribution in [1.29, 1.82) is 0 Å². The number of aromatic nitrogens is 2. The zero-order valence-electron chi connectivity index (χ0n) is 8.77. The minimum absolute atomic E-state index is 0.709. The van der Waals surface area contributed by atoms with Crippen molar-refractivity contribution in [2.45, 2.75) is 0 Å². The maximum Gasteiger partial charge on any atom is 0.144 e. The molecule has 0 bridgehead atoms. The van der Waals surface area contributed by atoms with Crippen LogP contribution < -0.4 is 0 Å². The fraction of sp³-hybridized carbons (Fsp3) is 0. The number of rotatable bonds is 1. The van der Waals surface area contributed by atoms with E-state index in [4.69, 9.17) is 11.6 Å². The summed E-state index contributed by atoms with van der Waals surface area (Å²) in [6.07, 6.45) is 3.75. The third-order valence-electron chi connectivity index (χ3n) is 2.60. The van der Waals surface area contributed by atoms with E-state index in [9.17, 15) is 0 Å². The average molecular weight is 308 g/mol. The molecule has 0 saturated carbocycles. The number of halogens is 2. The molecule has 2 heterocycles. The Bertz CT molecular complexity index is 691. The molecule has 17 heavy (non-hydrogen) atoms. The van der Waals surface area contributed by atoms with E-state index < -0.39 is 0 Å². The monoisotopic (exact) mass is 306 g/mol. The zero-order valence-corrected chi connectivity index (χ0v) is 11.1. The molecular formula is C13H8BrClN2. The van der Waals surface area contributed by atoms with Crippen molar-refractivity contribution in [2.24, 2.45) is 0 Å². The van der Waals surface area contributed by atoms with E-state index in [0.29, 0.717) is 5.02 Å². The van der Waals surface area contributed by atoms with Gasteiger partial charge in [0.15, 0.2) is 0 Å². The molecule has 0 atom stereocenters. The second-order valence-electron chi connectivity index (χ2n) is 3.70. The summed E-state index contributed by atoms with van der Waals surface area (Å²) in [5.74, 6) is 0.892. The van der Waals surface area contributed by atoms with Gasteiger partial charge in [0.25, 0.3) is 0 Å². The van der Waals surface area contributed by atoms with Crippen molar-refractivity contribution >= 4 is 33.0 Å². The Kier molecular flexibility index (Phi) is 2.65. The summed E-state index contributed by atoms with van der Waals surface area (Å²) in [5, 5.41) is 0.709. The van der Waals surface area contributed by atoms with E-state index >= 15 is 0 Å². The summed E-state index contributed by atoms with van der Waals surface area (Å²) < 4.78 is 3.03. The first-order chi connectivity index (χ1) is 8.25. The number of pyridine rings is 1. The van der Waals surface area contributed by atoms with Crippen molar-refractivity contribution in [3.63, 3.8) is 0 Å². The van der Waals surface area contributed by atoms with Crippen LogP contribution in [0.3, 0.4) is 0 Å². The fourth-order valence-corrected chi connectivity index (χ4v) is 2.44. The minimum Gasteiger partial charge on any atom is -0.298 e. The van der Waals surface area contributed by atoms with Gasteiger partial charge in [-0.3, -0.25) is 4.40 Å². The van der Waals surface area contributed by atoms with Gasteiger partial charge < -0.3 is 0 Å². The molecule has 0 aliphatic carbocycles. The predicted octanol–water partition coefficient (Wildman–Crippen LogP) is 4.42. The smallest absolute Gasteiger partial charge is 0.144 e. The number of benzene rings is 1. The van der Waals surface area contributed by atoms with Crippen molar-refractivity contribution in [1.82, 2.24) is 9.38 Å². The van der Waals surface area contributed by atoms with Gasteiger partial charge >= 0.3 is 0 Å². The Morgan fingerprint density at radius 2 is 2.06 bits per heavy atom. The Morgan fingerprint density at radius 3 is 2.88 bits per heavy atom. The summed E-state index contributed by atoms with van der Waals surface area (Å²) in [4.78, 5) is 4.43. The summed E-state index contributed by atoms with van der Waals surface area (Å²) in [5.41, 5.74) is 1.98. The van der Waals surface area contributed by atoms with Crippen LogP contribution in [0.2, 0.25) is 5.02 Å². The van der Waals surface area contributed by atoms with Crippen LogP contribution in [0.5, 0.6) is 0 Å². The van der Waals surface area contributed by atoms with Crippen LogP contribution in [0.15, 0.2) is 53.3 Å². The predicted molar refractivity (Wildman–Crippen MR) is 73.3 cm³/mol. The topological polar surface area (TPSA) is 17.3 Å². The van der Waals surface area contributed by atoms with Gasteiger partial charge in [0, 0.05) is 16.2 Å². The van der Waals surface area contributed by atoms with Crippen molar-refractivity contribution in [3.05, 3.63) is 58.3 Å². The van der Waals surface area contributed by atoms with Crippen LogP contribution in [0, 0.1) is 0 Å². The minimum atomic E-state index is 0.709. The highest BCUT2D eigenvalue weighted by Gasteiger charge is 2.08. The van der Waals surface area contributed by atoms with Gasteiger partial charge in [0.1, 0.15) is 5.82 Å². The first-order valence-electron chi connectivity index (χ1n) is 5.13. The molecule has 0 aliphatic rings. The summed E-state index contributed by atoms with van der Waals surface area (Å²) >= 11 is 9.58. The largest absolute Gasteiger partial charge is 0.298 e. The van der Waals surface area contributed by atoms with Crippen LogP contribution in [0.25, 0.3) is 16.9 Å². The molecule has 3 aromatic rings. The second-order valence-corrected chi connectivity index (χ2v) is 5.03. The highest BCUT2D eigenvalue weighted by atomic mass is 79.9. The SMILES string of the molecule is Clc1cccn2c(-c3cccc(Br)c3)ncc12. The third-order valence-corrected chi connectivity index (χ3v) is 3.41. The maximum absolute atomic E-state index is 6.12. The molecule has 0 radical (unpaired) electrons. The molecule has 0 amide bonds. The number of imidazole rings is 1. The van der Waals surface area contributed by atoms with Crippen molar-refractivity contribution in [3.8, 4) is 11.4 Å². The fourth-order valence-electron chi connectivity index (χ4n) is 1.83. The van der Waals surface area contributed by atoms with Crippen molar-refractivity contribution < 1.29 is 0 Å². The number of fused-ring (bicyclic) bond motifs is 1.